The minimum absolute atomic E-state index is 0.0358. The van der Waals surface area contributed by atoms with E-state index >= 15 is 0 Å². The van der Waals surface area contributed by atoms with E-state index < -0.39 is 24.0 Å². The number of benzene rings is 2. The lowest BCUT2D eigenvalue weighted by Gasteiger charge is -2.19. The van der Waals surface area contributed by atoms with Crippen LogP contribution < -0.4 is 10.6 Å². The monoisotopic (exact) mass is 479 g/mol. The SMILES string of the molecule is O=C(O)CCC(NC(=O)OCC1c2ccccc2-c2ccccc21)C(=O)NCCc1ccns1. The molecule has 176 valence electrons. The Bertz CT molecular complexity index is 1120. The van der Waals surface area contributed by atoms with Crippen LogP contribution in [0, 0.1) is 0 Å². The van der Waals surface area contributed by atoms with E-state index in [1.54, 1.807) is 6.20 Å². The summed E-state index contributed by atoms with van der Waals surface area (Å²) in [5, 5.41) is 14.3. The average molecular weight is 480 g/mol. The molecule has 1 aliphatic carbocycles. The molecule has 0 bridgehead atoms. The van der Waals surface area contributed by atoms with Crippen molar-refractivity contribution in [3.63, 3.8) is 0 Å². The standard InChI is InChI=1S/C25H25N3O5S/c29-23(30)10-9-22(24(31)26-13-11-16-12-14-27-34-16)28-25(32)33-15-21-19-7-3-1-5-17(19)18-6-2-4-8-20(18)21/h1-8,12,14,21-22H,9-11,13,15H2,(H,26,31)(H,28,32)(H,29,30). The average Bonchev–Trinajstić information content (AvgIpc) is 3.46. The minimum atomic E-state index is -1.04. The zero-order valence-corrected chi connectivity index (χ0v) is 19.2. The van der Waals surface area contributed by atoms with Crippen molar-refractivity contribution < 1.29 is 24.2 Å². The van der Waals surface area contributed by atoms with Crippen LogP contribution in [0.3, 0.4) is 0 Å². The van der Waals surface area contributed by atoms with Gasteiger partial charge < -0.3 is 20.5 Å². The van der Waals surface area contributed by atoms with E-state index in [9.17, 15) is 14.4 Å². The van der Waals surface area contributed by atoms with Gasteiger partial charge in [-0.25, -0.2) is 9.17 Å². The highest BCUT2D eigenvalue weighted by molar-refractivity contribution is 7.05. The highest BCUT2D eigenvalue weighted by atomic mass is 32.1. The van der Waals surface area contributed by atoms with Crippen molar-refractivity contribution in [2.75, 3.05) is 13.2 Å². The molecule has 2 amide bonds. The Kier molecular flexibility index (Phi) is 7.54. The molecule has 34 heavy (non-hydrogen) atoms. The van der Waals surface area contributed by atoms with Crippen LogP contribution in [0.4, 0.5) is 4.79 Å². The van der Waals surface area contributed by atoms with Crippen molar-refractivity contribution in [2.45, 2.75) is 31.2 Å². The molecule has 4 rings (SSSR count). The predicted octanol–water partition coefficient (Wildman–Crippen LogP) is 3.57. The molecule has 9 heteroatoms. The molecule has 0 radical (unpaired) electrons. The van der Waals surface area contributed by atoms with Crippen molar-refractivity contribution in [1.82, 2.24) is 15.0 Å². The predicted molar refractivity (Wildman–Crippen MR) is 128 cm³/mol. The number of aromatic nitrogens is 1. The van der Waals surface area contributed by atoms with Crippen LogP contribution >= 0.6 is 11.5 Å². The molecule has 2 aromatic carbocycles. The fourth-order valence-electron chi connectivity index (χ4n) is 4.12. The second-order valence-electron chi connectivity index (χ2n) is 7.97. The number of nitrogens with zero attached hydrogens (tertiary/aromatic N) is 1. The molecule has 1 heterocycles. The van der Waals surface area contributed by atoms with Gasteiger partial charge in [-0.05, 0) is 46.3 Å². The molecular formula is C25H25N3O5S. The van der Waals surface area contributed by atoms with E-state index in [2.05, 4.69) is 15.0 Å². The number of carboxylic acids is 1. The molecule has 3 aromatic rings. The normalized spacial score (nSPS) is 12.9. The summed E-state index contributed by atoms with van der Waals surface area (Å²) in [5.74, 6) is -1.60. The molecule has 1 unspecified atom stereocenters. The molecule has 1 atom stereocenters. The molecule has 8 nitrogen and oxygen atoms in total. The minimum Gasteiger partial charge on any atom is -0.481 e. The number of carbonyl (C=O) groups is 3. The van der Waals surface area contributed by atoms with Gasteiger partial charge in [-0.15, -0.1) is 0 Å². The van der Waals surface area contributed by atoms with E-state index in [0.29, 0.717) is 13.0 Å². The third-order valence-corrected chi connectivity index (χ3v) is 6.56. The van der Waals surface area contributed by atoms with Crippen LogP contribution in [-0.2, 0) is 20.7 Å². The maximum Gasteiger partial charge on any atom is 0.407 e. The second kappa shape index (κ2) is 10.9. The molecule has 0 saturated carbocycles. The zero-order chi connectivity index (χ0) is 23.9. The van der Waals surface area contributed by atoms with Gasteiger partial charge in [0.25, 0.3) is 0 Å². The first kappa shape index (κ1) is 23.4. The third-order valence-electron chi connectivity index (χ3n) is 5.76. The Labute approximate surface area is 201 Å². The molecule has 1 aliphatic rings. The number of carboxylic acid groups (broad SMARTS) is 1. The van der Waals surface area contributed by atoms with Crippen LogP contribution in [0.2, 0.25) is 0 Å². The summed E-state index contributed by atoms with van der Waals surface area (Å²) >= 11 is 1.35. The molecular weight excluding hydrogens is 454 g/mol. The lowest BCUT2D eigenvalue weighted by atomic mass is 9.98. The molecule has 0 saturated heterocycles. The summed E-state index contributed by atoms with van der Waals surface area (Å²) in [7, 11) is 0. The largest absolute Gasteiger partial charge is 0.481 e. The Morgan fingerprint density at radius 3 is 2.32 bits per heavy atom. The smallest absolute Gasteiger partial charge is 0.407 e. The number of hydrogen-bond acceptors (Lipinski definition) is 6. The van der Waals surface area contributed by atoms with E-state index in [1.807, 2.05) is 54.6 Å². The first-order valence-electron chi connectivity index (χ1n) is 11.0. The summed E-state index contributed by atoms with van der Waals surface area (Å²) in [6, 6.07) is 16.9. The van der Waals surface area contributed by atoms with E-state index in [4.69, 9.17) is 9.84 Å². The molecule has 3 N–H and O–H groups in total. The number of rotatable bonds is 10. The van der Waals surface area contributed by atoms with Gasteiger partial charge in [0.05, 0.1) is 0 Å². The van der Waals surface area contributed by atoms with Crippen molar-refractivity contribution in [3.05, 3.63) is 76.8 Å². The summed E-state index contributed by atoms with van der Waals surface area (Å²) in [5.41, 5.74) is 4.40. The number of hydrogen-bond donors (Lipinski definition) is 3. The van der Waals surface area contributed by atoms with Crippen molar-refractivity contribution in [2.24, 2.45) is 0 Å². The van der Waals surface area contributed by atoms with Gasteiger partial charge in [0.2, 0.25) is 5.91 Å². The Balaban J connectivity index is 1.36. The number of carbonyl (C=O) groups excluding carboxylic acids is 2. The quantitative estimate of drug-likeness (QED) is 0.409. The summed E-state index contributed by atoms with van der Waals surface area (Å²) < 4.78 is 9.52. The fraction of sp³-hybridized carbons (Fsp3) is 0.280. The van der Waals surface area contributed by atoms with Crippen LogP contribution in [0.5, 0.6) is 0 Å². The number of amides is 2. The summed E-state index contributed by atoms with van der Waals surface area (Å²) in [6.45, 7) is 0.468. The number of nitrogens with one attached hydrogen (secondary N) is 2. The number of fused-ring (bicyclic) bond motifs is 3. The van der Waals surface area contributed by atoms with Crippen LogP contribution in [0.1, 0.15) is 34.8 Å². The van der Waals surface area contributed by atoms with Gasteiger partial charge >= 0.3 is 12.1 Å². The van der Waals surface area contributed by atoms with Gasteiger partial charge in [-0.2, -0.15) is 0 Å². The van der Waals surface area contributed by atoms with E-state index in [-0.39, 0.29) is 25.4 Å². The maximum atomic E-state index is 12.6. The van der Waals surface area contributed by atoms with Gasteiger partial charge in [-0.1, -0.05) is 48.5 Å². The Hall–Kier alpha value is -3.72. The Morgan fingerprint density at radius 2 is 1.71 bits per heavy atom. The first-order chi connectivity index (χ1) is 16.5. The molecule has 0 spiro atoms. The summed E-state index contributed by atoms with van der Waals surface area (Å²) in [6.07, 6.45) is 1.25. The van der Waals surface area contributed by atoms with Gasteiger partial charge in [0.15, 0.2) is 0 Å². The van der Waals surface area contributed by atoms with Crippen molar-refractivity contribution in [1.29, 1.82) is 0 Å². The van der Waals surface area contributed by atoms with Crippen LogP contribution in [0.25, 0.3) is 11.1 Å². The van der Waals surface area contributed by atoms with Crippen LogP contribution in [0.15, 0.2) is 60.8 Å². The highest BCUT2D eigenvalue weighted by Gasteiger charge is 2.30. The topological polar surface area (TPSA) is 118 Å². The Morgan fingerprint density at radius 1 is 1.03 bits per heavy atom. The maximum absolute atomic E-state index is 12.6. The number of alkyl carbamates (subject to hydrolysis) is 1. The third kappa shape index (κ3) is 5.60. The molecule has 0 fully saturated rings. The lowest BCUT2D eigenvalue weighted by Crippen LogP contribution is -2.47. The number of ether oxygens (including phenoxy) is 1. The second-order valence-corrected chi connectivity index (χ2v) is 8.89. The van der Waals surface area contributed by atoms with Gasteiger partial charge in [0, 0.05) is 36.4 Å². The first-order valence-corrected chi connectivity index (χ1v) is 11.8. The van der Waals surface area contributed by atoms with Gasteiger partial charge in [0.1, 0.15) is 12.6 Å². The van der Waals surface area contributed by atoms with Crippen molar-refractivity contribution >= 4 is 29.5 Å². The van der Waals surface area contributed by atoms with E-state index in [0.717, 1.165) is 27.1 Å². The lowest BCUT2D eigenvalue weighted by molar-refractivity contribution is -0.137. The zero-order valence-electron chi connectivity index (χ0n) is 18.4. The summed E-state index contributed by atoms with van der Waals surface area (Å²) in [4.78, 5) is 37.3. The van der Waals surface area contributed by atoms with Crippen LogP contribution in [-0.4, -0.2) is 46.6 Å². The molecule has 0 aliphatic heterocycles. The number of aliphatic carboxylic acids is 1. The fourth-order valence-corrected chi connectivity index (χ4v) is 4.69. The van der Waals surface area contributed by atoms with E-state index in [1.165, 1.54) is 11.5 Å². The van der Waals surface area contributed by atoms with Gasteiger partial charge in [-0.3, -0.25) is 9.59 Å². The highest BCUT2D eigenvalue weighted by Crippen LogP contribution is 2.44. The molecule has 1 aromatic heterocycles. The van der Waals surface area contributed by atoms with Crippen molar-refractivity contribution in [3.8, 4) is 11.1 Å².